The first kappa shape index (κ1) is 19.2. The van der Waals surface area contributed by atoms with Crippen molar-refractivity contribution in [2.24, 2.45) is 0 Å². The Morgan fingerprint density at radius 2 is 2.19 bits per heavy atom. The van der Waals surface area contributed by atoms with Crippen LogP contribution >= 0.6 is 0 Å². The van der Waals surface area contributed by atoms with E-state index in [9.17, 15) is 19.7 Å². The van der Waals surface area contributed by atoms with E-state index >= 15 is 0 Å². The highest BCUT2D eigenvalue weighted by molar-refractivity contribution is 5.93. The van der Waals surface area contributed by atoms with E-state index in [1.165, 1.54) is 31.0 Å². The van der Waals surface area contributed by atoms with E-state index in [0.29, 0.717) is 5.69 Å². The molecule has 0 unspecified atom stereocenters. The summed E-state index contributed by atoms with van der Waals surface area (Å²) in [5, 5.41) is 22.8. The van der Waals surface area contributed by atoms with E-state index in [1.54, 1.807) is 0 Å². The minimum Gasteiger partial charge on any atom is -0.449 e. The third-order valence-corrected chi connectivity index (χ3v) is 3.93. The summed E-state index contributed by atoms with van der Waals surface area (Å²) in [6, 6.07) is 6.20. The predicted octanol–water partition coefficient (Wildman–Crippen LogP) is 2.09. The van der Waals surface area contributed by atoms with Crippen molar-refractivity contribution in [1.29, 1.82) is 5.26 Å². The first-order chi connectivity index (χ1) is 12.3. The van der Waals surface area contributed by atoms with Crippen molar-refractivity contribution in [2.75, 3.05) is 18.9 Å². The van der Waals surface area contributed by atoms with Crippen LogP contribution in [0.1, 0.15) is 36.5 Å². The van der Waals surface area contributed by atoms with Gasteiger partial charge in [0.2, 0.25) is 0 Å². The fraction of sp³-hybridized carbons (Fsp3) is 0.471. The zero-order chi connectivity index (χ0) is 19.3. The fourth-order valence-corrected chi connectivity index (χ4v) is 2.30. The van der Waals surface area contributed by atoms with Gasteiger partial charge in [0.05, 0.1) is 23.0 Å². The molecule has 1 aromatic carbocycles. The number of nitro benzene ring substituents is 1. The Bertz CT molecular complexity index is 754. The highest BCUT2D eigenvalue weighted by Crippen LogP contribution is 2.31. The molecule has 9 heteroatoms. The van der Waals surface area contributed by atoms with Crippen LogP contribution in [0.4, 0.5) is 11.4 Å². The molecule has 2 rings (SSSR count). The maximum absolute atomic E-state index is 12.2. The lowest BCUT2D eigenvalue weighted by Crippen LogP contribution is -2.37. The molecule has 1 aliphatic carbocycles. The van der Waals surface area contributed by atoms with Crippen LogP contribution in [0, 0.1) is 21.4 Å². The number of nitrogens with zero attached hydrogens (tertiary/aromatic N) is 3. The largest absolute Gasteiger partial charge is 0.449 e. The number of carbonyl (C=O) groups excluding carboxylic acids is 2. The van der Waals surface area contributed by atoms with Crippen molar-refractivity contribution in [3.63, 3.8) is 0 Å². The molecule has 1 amide bonds. The standard InChI is InChI=1S/C17H20N4O5/c1-11(16(22)20(2)9-3-8-18)26-17(23)12-4-7-14(19-13-5-6-13)15(10-12)21(24)25/h4,7,10-11,13,19H,3,5-6,9H2,1-2H3/t11-/m1/s1. The van der Waals surface area contributed by atoms with Gasteiger partial charge in [0.15, 0.2) is 6.10 Å². The van der Waals surface area contributed by atoms with Gasteiger partial charge in [0.25, 0.3) is 11.6 Å². The molecular formula is C17H20N4O5. The lowest BCUT2D eigenvalue weighted by molar-refractivity contribution is -0.384. The number of nitrogens with one attached hydrogen (secondary N) is 1. The Labute approximate surface area is 150 Å². The number of benzene rings is 1. The Morgan fingerprint density at radius 1 is 1.50 bits per heavy atom. The number of likely N-dealkylation sites (N-methyl/N-ethyl adjacent to an activating group) is 1. The molecule has 9 nitrogen and oxygen atoms in total. The summed E-state index contributed by atoms with van der Waals surface area (Å²) < 4.78 is 5.11. The van der Waals surface area contributed by atoms with E-state index < -0.39 is 22.9 Å². The highest BCUT2D eigenvalue weighted by atomic mass is 16.6. The van der Waals surface area contributed by atoms with Crippen LogP contribution in [-0.4, -0.2) is 47.4 Å². The van der Waals surface area contributed by atoms with Crippen LogP contribution in [0.3, 0.4) is 0 Å². The molecule has 1 atom stereocenters. The number of hydrogen-bond donors (Lipinski definition) is 1. The Kier molecular flexibility index (Phi) is 6.11. The van der Waals surface area contributed by atoms with Crippen LogP contribution in [0.15, 0.2) is 18.2 Å². The molecular weight excluding hydrogens is 340 g/mol. The van der Waals surface area contributed by atoms with Gasteiger partial charge in [-0.05, 0) is 31.9 Å². The van der Waals surface area contributed by atoms with Crippen molar-refractivity contribution in [1.82, 2.24) is 4.90 Å². The summed E-state index contributed by atoms with van der Waals surface area (Å²) >= 11 is 0. The second-order valence-corrected chi connectivity index (χ2v) is 6.12. The molecule has 1 saturated carbocycles. The maximum Gasteiger partial charge on any atom is 0.339 e. The smallest absolute Gasteiger partial charge is 0.339 e. The van der Waals surface area contributed by atoms with Gasteiger partial charge in [-0.2, -0.15) is 5.26 Å². The highest BCUT2D eigenvalue weighted by Gasteiger charge is 2.27. The van der Waals surface area contributed by atoms with Gasteiger partial charge in [-0.3, -0.25) is 14.9 Å². The first-order valence-corrected chi connectivity index (χ1v) is 8.21. The molecule has 0 saturated heterocycles. The number of esters is 1. The van der Waals surface area contributed by atoms with Gasteiger partial charge in [-0.15, -0.1) is 0 Å². The number of nitriles is 1. The molecule has 26 heavy (non-hydrogen) atoms. The molecule has 0 aromatic heterocycles. The lowest BCUT2D eigenvalue weighted by Gasteiger charge is -2.20. The van der Waals surface area contributed by atoms with Crippen LogP contribution in [0.5, 0.6) is 0 Å². The normalized spacial score (nSPS) is 14.0. The third-order valence-electron chi connectivity index (χ3n) is 3.93. The number of anilines is 1. The number of ether oxygens (including phenoxy) is 1. The fourth-order valence-electron chi connectivity index (χ4n) is 2.30. The van der Waals surface area contributed by atoms with E-state index in [-0.39, 0.29) is 30.3 Å². The molecule has 138 valence electrons. The summed E-state index contributed by atoms with van der Waals surface area (Å²) in [7, 11) is 1.51. The minimum atomic E-state index is -1.06. The zero-order valence-electron chi connectivity index (χ0n) is 14.6. The lowest BCUT2D eigenvalue weighted by atomic mass is 10.1. The molecule has 0 heterocycles. The van der Waals surface area contributed by atoms with Gasteiger partial charge < -0.3 is 15.0 Å². The first-order valence-electron chi connectivity index (χ1n) is 8.21. The van der Waals surface area contributed by atoms with E-state index in [2.05, 4.69) is 5.32 Å². The Morgan fingerprint density at radius 3 is 2.77 bits per heavy atom. The van der Waals surface area contributed by atoms with Gasteiger partial charge in [-0.25, -0.2) is 4.79 Å². The van der Waals surface area contributed by atoms with Crippen LogP contribution in [0.2, 0.25) is 0 Å². The average molecular weight is 360 g/mol. The van der Waals surface area contributed by atoms with Gasteiger partial charge in [0, 0.05) is 25.7 Å². The maximum atomic E-state index is 12.2. The van der Waals surface area contributed by atoms with Crippen molar-refractivity contribution >= 4 is 23.3 Å². The molecule has 1 aromatic rings. The summed E-state index contributed by atoms with van der Waals surface area (Å²) in [6.45, 7) is 1.64. The van der Waals surface area contributed by atoms with Crippen LogP contribution in [-0.2, 0) is 9.53 Å². The number of carbonyl (C=O) groups is 2. The van der Waals surface area contributed by atoms with Crippen molar-refractivity contribution < 1.29 is 19.2 Å². The predicted molar refractivity (Wildman–Crippen MR) is 92.5 cm³/mol. The third kappa shape index (κ3) is 4.92. The zero-order valence-corrected chi connectivity index (χ0v) is 14.6. The van der Waals surface area contributed by atoms with Crippen LogP contribution < -0.4 is 5.32 Å². The van der Waals surface area contributed by atoms with Gasteiger partial charge >= 0.3 is 5.97 Å². The number of rotatable bonds is 8. The van der Waals surface area contributed by atoms with Crippen molar-refractivity contribution in [3.05, 3.63) is 33.9 Å². The molecule has 1 fully saturated rings. The molecule has 1 N–H and O–H groups in total. The molecule has 1 aliphatic rings. The van der Waals surface area contributed by atoms with Gasteiger partial charge in [0.1, 0.15) is 5.69 Å². The summed E-state index contributed by atoms with van der Waals surface area (Å²) in [5.41, 5.74) is 0.142. The molecule has 0 aliphatic heterocycles. The molecule has 0 spiro atoms. The van der Waals surface area contributed by atoms with E-state index in [4.69, 9.17) is 10.00 Å². The second kappa shape index (κ2) is 8.29. The van der Waals surface area contributed by atoms with Crippen molar-refractivity contribution in [3.8, 4) is 6.07 Å². The SMILES string of the molecule is C[C@@H](OC(=O)c1ccc(NC2CC2)c([N+](=O)[O-])c1)C(=O)N(C)CCC#N. The Balaban J connectivity index is 2.06. The quantitative estimate of drug-likeness (QED) is 0.427. The number of amides is 1. The minimum absolute atomic E-state index is 0.00243. The molecule has 0 bridgehead atoms. The van der Waals surface area contributed by atoms with Crippen LogP contribution in [0.25, 0.3) is 0 Å². The summed E-state index contributed by atoms with van der Waals surface area (Å²) in [5.74, 6) is -1.27. The number of hydrogen-bond acceptors (Lipinski definition) is 7. The Hall–Kier alpha value is -3.15. The topological polar surface area (TPSA) is 126 Å². The molecule has 0 radical (unpaired) electrons. The van der Waals surface area contributed by atoms with E-state index in [0.717, 1.165) is 18.9 Å². The average Bonchev–Trinajstić information content (AvgIpc) is 3.42. The second-order valence-electron chi connectivity index (χ2n) is 6.12. The summed E-state index contributed by atoms with van der Waals surface area (Å²) in [4.78, 5) is 36.3. The monoisotopic (exact) mass is 360 g/mol. The van der Waals surface area contributed by atoms with E-state index in [1.807, 2.05) is 6.07 Å². The van der Waals surface area contributed by atoms with Crippen molar-refractivity contribution in [2.45, 2.75) is 38.3 Å². The summed E-state index contributed by atoms with van der Waals surface area (Å²) in [6.07, 6.45) is 1.03. The number of nitro groups is 1. The van der Waals surface area contributed by atoms with Gasteiger partial charge in [-0.1, -0.05) is 0 Å².